The minimum atomic E-state index is 0.358. The lowest BCUT2D eigenvalue weighted by Gasteiger charge is -2.10. The summed E-state index contributed by atoms with van der Waals surface area (Å²) in [5.41, 5.74) is 9.92. The van der Waals surface area contributed by atoms with Gasteiger partial charge in [-0.05, 0) is 56.2 Å². The van der Waals surface area contributed by atoms with E-state index in [1.807, 2.05) is 43.3 Å². The summed E-state index contributed by atoms with van der Waals surface area (Å²) in [6.45, 7) is 6.02. The maximum absolute atomic E-state index is 6.02. The molecule has 0 fully saturated rings. The Hall–Kier alpha value is -3.08. The molecule has 0 atom stereocenters. The summed E-state index contributed by atoms with van der Waals surface area (Å²) < 4.78 is 7.57. The normalized spacial score (nSPS) is 11.1. The number of nitrogens with two attached hydrogens (primary N) is 1. The predicted molar refractivity (Wildman–Crippen MR) is 96.8 cm³/mol. The summed E-state index contributed by atoms with van der Waals surface area (Å²) in [4.78, 5) is 4.13. The molecule has 0 saturated carbocycles. The third-order valence-electron chi connectivity index (χ3n) is 3.78. The first kappa shape index (κ1) is 15.8. The molecule has 0 aliphatic rings. The van der Waals surface area contributed by atoms with Crippen molar-refractivity contribution in [3.63, 3.8) is 0 Å². The van der Waals surface area contributed by atoms with Gasteiger partial charge in [-0.15, -0.1) is 0 Å². The minimum absolute atomic E-state index is 0.358. The van der Waals surface area contributed by atoms with Gasteiger partial charge >= 0.3 is 0 Å². The first-order valence-electron chi connectivity index (χ1n) is 7.73. The standard InChI is InChI=1S/C19H20N4O/c1-13-8-9-17(10-14(13)2)24-18-7-5-4-6-16(18)11-21-23-12-15(3)22-19(23)20/h4-12H,1-3H3,(H2,20,22). The number of para-hydroxylation sites is 1. The first-order valence-corrected chi connectivity index (χ1v) is 7.73. The van der Waals surface area contributed by atoms with Crippen LogP contribution in [-0.2, 0) is 0 Å². The maximum atomic E-state index is 6.02. The number of hydrogen-bond donors (Lipinski definition) is 1. The fourth-order valence-corrected chi connectivity index (χ4v) is 2.31. The molecule has 0 radical (unpaired) electrons. The lowest BCUT2D eigenvalue weighted by atomic mass is 10.1. The fourth-order valence-electron chi connectivity index (χ4n) is 2.31. The highest BCUT2D eigenvalue weighted by Gasteiger charge is 2.05. The molecule has 2 aromatic carbocycles. The van der Waals surface area contributed by atoms with Crippen LogP contribution in [0, 0.1) is 20.8 Å². The molecule has 0 unspecified atom stereocenters. The van der Waals surface area contributed by atoms with Gasteiger partial charge in [-0.3, -0.25) is 0 Å². The molecule has 3 rings (SSSR count). The van der Waals surface area contributed by atoms with Crippen LogP contribution in [0.5, 0.6) is 11.5 Å². The predicted octanol–water partition coefficient (Wildman–Crippen LogP) is 4.07. The van der Waals surface area contributed by atoms with E-state index in [4.69, 9.17) is 10.5 Å². The fraction of sp³-hybridized carbons (Fsp3) is 0.158. The van der Waals surface area contributed by atoms with E-state index >= 15 is 0 Å². The lowest BCUT2D eigenvalue weighted by Crippen LogP contribution is -1.98. The molecule has 5 nitrogen and oxygen atoms in total. The molecule has 0 amide bonds. The lowest BCUT2D eigenvalue weighted by molar-refractivity contribution is 0.481. The Labute approximate surface area is 141 Å². The quantitative estimate of drug-likeness (QED) is 0.737. The van der Waals surface area contributed by atoms with Crippen LogP contribution in [0.4, 0.5) is 5.95 Å². The largest absolute Gasteiger partial charge is 0.457 e. The van der Waals surface area contributed by atoms with Gasteiger partial charge in [0, 0.05) is 5.56 Å². The molecule has 24 heavy (non-hydrogen) atoms. The van der Waals surface area contributed by atoms with Crippen molar-refractivity contribution in [2.24, 2.45) is 5.10 Å². The zero-order valence-corrected chi connectivity index (χ0v) is 14.0. The highest BCUT2D eigenvalue weighted by molar-refractivity contribution is 5.83. The molecule has 1 aromatic heterocycles. The zero-order chi connectivity index (χ0) is 17.1. The number of aromatic nitrogens is 2. The Kier molecular flexibility index (Phi) is 4.33. The van der Waals surface area contributed by atoms with E-state index in [1.54, 1.807) is 17.1 Å². The van der Waals surface area contributed by atoms with E-state index in [2.05, 4.69) is 30.0 Å². The molecule has 122 valence electrons. The van der Waals surface area contributed by atoms with Gasteiger partial charge in [0.05, 0.1) is 18.1 Å². The second-order valence-corrected chi connectivity index (χ2v) is 5.72. The molecular weight excluding hydrogens is 300 g/mol. The van der Waals surface area contributed by atoms with Crippen molar-refractivity contribution in [3.8, 4) is 11.5 Å². The number of hydrogen-bond acceptors (Lipinski definition) is 4. The van der Waals surface area contributed by atoms with Crippen LogP contribution in [0.25, 0.3) is 0 Å². The smallest absolute Gasteiger partial charge is 0.221 e. The molecule has 5 heteroatoms. The van der Waals surface area contributed by atoms with E-state index in [0.29, 0.717) is 5.95 Å². The number of benzene rings is 2. The monoisotopic (exact) mass is 320 g/mol. The summed E-state index contributed by atoms with van der Waals surface area (Å²) in [5, 5.41) is 4.35. The number of anilines is 1. The van der Waals surface area contributed by atoms with Crippen LogP contribution < -0.4 is 10.5 Å². The number of ether oxygens (including phenoxy) is 1. The van der Waals surface area contributed by atoms with Crippen molar-refractivity contribution in [3.05, 3.63) is 71.0 Å². The summed E-state index contributed by atoms with van der Waals surface area (Å²) in [6.07, 6.45) is 3.49. The van der Waals surface area contributed by atoms with Crippen molar-refractivity contribution >= 4 is 12.2 Å². The van der Waals surface area contributed by atoms with Crippen LogP contribution in [0.2, 0.25) is 0 Å². The first-order chi connectivity index (χ1) is 11.5. The summed E-state index contributed by atoms with van der Waals surface area (Å²) in [6, 6.07) is 13.8. The molecule has 3 aromatic rings. The summed E-state index contributed by atoms with van der Waals surface area (Å²) >= 11 is 0. The second-order valence-electron chi connectivity index (χ2n) is 5.72. The van der Waals surface area contributed by atoms with Gasteiger partial charge in [0.15, 0.2) is 0 Å². The van der Waals surface area contributed by atoms with E-state index in [1.165, 1.54) is 11.1 Å². The molecular formula is C19H20N4O. The van der Waals surface area contributed by atoms with E-state index in [0.717, 1.165) is 22.8 Å². The van der Waals surface area contributed by atoms with Gasteiger partial charge in [-0.2, -0.15) is 5.10 Å². The Balaban J connectivity index is 1.87. The molecule has 0 aliphatic carbocycles. The van der Waals surface area contributed by atoms with Gasteiger partial charge in [-0.1, -0.05) is 18.2 Å². The Morgan fingerprint density at radius 2 is 1.88 bits per heavy atom. The third kappa shape index (κ3) is 3.46. The highest BCUT2D eigenvalue weighted by Crippen LogP contribution is 2.26. The Morgan fingerprint density at radius 3 is 2.58 bits per heavy atom. The van der Waals surface area contributed by atoms with Crippen LogP contribution in [-0.4, -0.2) is 15.9 Å². The SMILES string of the molecule is Cc1cn(N=Cc2ccccc2Oc2ccc(C)c(C)c2)c(N)n1. The van der Waals surface area contributed by atoms with Crippen molar-refractivity contribution in [2.45, 2.75) is 20.8 Å². The van der Waals surface area contributed by atoms with Crippen LogP contribution in [0.15, 0.2) is 53.8 Å². The van der Waals surface area contributed by atoms with Crippen molar-refractivity contribution in [2.75, 3.05) is 5.73 Å². The Bertz CT molecular complexity index is 896. The minimum Gasteiger partial charge on any atom is -0.457 e. The van der Waals surface area contributed by atoms with E-state index in [9.17, 15) is 0 Å². The topological polar surface area (TPSA) is 65.4 Å². The number of nitrogen functional groups attached to an aromatic ring is 1. The van der Waals surface area contributed by atoms with Crippen LogP contribution in [0.3, 0.4) is 0 Å². The molecule has 0 saturated heterocycles. The number of rotatable bonds is 4. The van der Waals surface area contributed by atoms with Crippen molar-refractivity contribution in [1.29, 1.82) is 0 Å². The average molecular weight is 320 g/mol. The molecule has 0 bridgehead atoms. The van der Waals surface area contributed by atoms with Gasteiger partial charge in [-0.25, -0.2) is 9.66 Å². The third-order valence-corrected chi connectivity index (χ3v) is 3.78. The summed E-state index contributed by atoms with van der Waals surface area (Å²) in [5.74, 6) is 1.90. The molecule has 0 spiro atoms. The van der Waals surface area contributed by atoms with Gasteiger partial charge < -0.3 is 10.5 Å². The summed E-state index contributed by atoms with van der Waals surface area (Å²) in [7, 11) is 0. The Morgan fingerprint density at radius 1 is 1.08 bits per heavy atom. The van der Waals surface area contributed by atoms with Crippen LogP contribution >= 0.6 is 0 Å². The number of aryl methyl sites for hydroxylation is 3. The van der Waals surface area contributed by atoms with Gasteiger partial charge in [0.2, 0.25) is 5.95 Å². The molecule has 0 aliphatic heterocycles. The average Bonchev–Trinajstić information content (AvgIpc) is 2.88. The molecule has 1 heterocycles. The van der Waals surface area contributed by atoms with Gasteiger partial charge in [0.25, 0.3) is 0 Å². The maximum Gasteiger partial charge on any atom is 0.221 e. The highest BCUT2D eigenvalue weighted by atomic mass is 16.5. The zero-order valence-electron chi connectivity index (χ0n) is 14.0. The number of nitrogens with zero attached hydrogens (tertiary/aromatic N) is 3. The van der Waals surface area contributed by atoms with E-state index in [-0.39, 0.29) is 0 Å². The second kappa shape index (κ2) is 6.58. The van der Waals surface area contributed by atoms with Crippen molar-refractivity contribution < 1.29 is 4.74 Å². The van der Waals surface area contributed by atoms with Gasteiger partial charge in [0.1, 0.15) is 11.5 Å². The van der Waals surface area contributed by atoms with Crippen LogP contribution in [0.1, 0.15) is 22.4 Å². The number of imidazole rings is 1. The molecule has 2 N–H and O–H groups in total. The van der Waals surface area contributed by atoms with Crippen molar-refractivity contribution in [1.82, 2.24) is 9.66 Å². The van der Waals surface area contributed by atoms with E-state index < -0.39 is 0 Å².